The van der Waals surface area contributed by atoms with Gasteiger partial charge >= 0.3 is 0 Å². The van der Waals surface area contributed by atoms with Gasteiger partial charge in [-0.3, -0.25) is 9.59 Å². The number of halogens is 1. The molecule has 1 aromatic heterocycles. The van der Waals surface area contributed by atoms with Gasteiger partial charge in [0, 0.05) is 21.3 Å². The number of hydrogen-bond acceptors (Lipinski definition) is 4. The maximum Gasteiger partial charge on any atom is 0.252 e. The minimum absolute atomic E-state index is 0.108. The molecule has 0 bridgehead atoms. The van der Waals surface area contributed by atoms with Crippen LogP contribution in [0.1, 0.15) is 10.4 Å². The molecule has 2 N–H and O–H groups in total. The molecule has 0 radical (unpaired) electrons. The average Bonchev–Trinajstić information content (AvgIpc) is 2.69. The maximum absolute atomic E-state index is 12.5. The van der Waals surface area contributed by atoms with E-state index in [0.717, 1.165) is 14.4 Å². The Hall–Kier alpha value is -2.64. The van der Waals surface area contributed by atoms with E-state index in [-0.39, 0.29) is 18.4 Å². The third-order valence-electron chi connectivity index (χ3n) is 3.51. The summed E-state index contributed by atoms with van der Waals surface area (Å²) in [4.78, 5) is 29.6. The Balaban J connectivity index is 1.63. The smallest absolute Gasteiger partial charge is 0.252 e. The number of nitrogens with zero attached hydrogens (tertiary/aromatic N) is 1. The van der Waals surface area contributed by atoms with Gasteiger partial charge in [-0.25, -0.2) is 4.98 Å². The number of anilines is 1. The van der Waals surface area contributed by atoms with Crippen LogP contribution in [0.4, 0.5) is 5.69 Å². The molecule has 0 saturated carbocycles. The van der Waals surface area contributed by atoms with E-state index in [1.165, 1.54) is 11.8 Å². The van der Waals surface area contributed by atoms with E-state index in [1.807, 2.05) is 42.5 Å². The quantitative estimate of drug-likeness (QED) is 0.595. The molecule has 1 heterocycles. The van der Waals surface area contributed by atoms with Gasteiger partial charge in [-0.2, -0.15) is 0 Å². The van der Waals surface area contributed by atoms with Crippen molar-refractivity contribution in [2.45, 2.75) is 9.92 Å². The van der Waals surface area contributed by atoms with Crippen LogP contribution < -0.4 is 10.6 Å². The summed E-state index contributed by atoms with van der Waals surface area (Å²) in [5, 5.41) is 6.18. The highest BCUT2D eigenvalue weighted by atomic mass is 79.9. The van der Waals surface area contributed by atoms with Gasteiger partial charge < -0.3 is 10.6 Å². The lowest BCUT2D eigenvalue weighted by Gasteiger charge is -2.10. The number of pyridine rings is 1. The Labute approximate surface area is 169 Å². The fraction of sp³-hybridized carbons (Fsp3) is 0.0500. The molecule has 0 atom stereocenters. The summed E-state index contributed by atoms with van der Waals surface area (Å²) in [5.74, 6) is -0.590. The number of benzene rings is 2. The molecule has 0 unspecified atom stereocenters. The normalized spacial score (nSPS) is 10.3. The maximum atomic E-state index is 12.5. The number of nitrogens with one attached hydrogen (secondary N) is 2. The molecule has 0 saturated heterocycles. The summed E-state index contributed by atoms with van der Waals surface area (Å²) in [6.07, 6.45) is 1.71. The first-order valence-electron chi connectivity index (χ1n) is 8.13. The van der Waals surface area contributed by atoms with Crippen molar-refractivity contribution in [2.75, 3.05) is 11.9 Å². The Bertz CT molecular complexity index is 933. The second kappa shape index (κ2) is 9.34. The highest BCUT2D eigenvalue weighted by Gasteiger charge is 2.13. The van der Waals surface area contributed by atoms with Gasteiger partial charge in [0.1, 0.15) is 5.03 Å². The number of carbonyl (C=O) groups excluding carboxylic acids is 2. The molecular weight excluding hydrogens is 426 g/mol. The topological polar surface area (TPSA) is 71.1 Å². The van der Waals surface area contributed by atoms with E-state index in [2.05, 4.69) is 31.5 Å². The van der Waals surface area contributed by atoms with Crippen molar-refractivity contribution in [2.24, 2.45) is 0 Å². The fourth-order valence-corrected chi connectivity index (χ4v) is 3.38. The van der Waals surface area contributed by atoms with Crippen molar-refractivity contribution in [1.82, 2.24) is 10.3 Å². The van der Waals surface area contributed by atoms with E-state index < -0.39 is 0 Å². The molecule has 0 aliphatic heterocycles. The van der Waals surface area contributed by atoms with E-state index in [1.54, 1.807) is 30.5 Å². The molecule has 3 aromatic rings. The third kappa shape index (κ3) is 5.67. The van der Waals surface area contributed by atoms with Gasteiger partial charge in [-0.1, -0.05) is 42.1 Å². The van der Waals surface area contributed by atoms with Crippen molar-refractivity contribution >= 4 is 45.2 Å². The number of aromatic nitrogens is 1. The van der Waals surface area contributed by atoms with Crippen molar-refractivity contribution in [3.05, 3.63) is 83.0 Å². The first-order chi connectivity index (χ1) is 13.1. The van der Waals surface area contributed by atoms with E-state index in [0.29, 0.717) is 11.3 Å². The lowest BCUT2D eigenvalue weighted by atomic mass is 10.2. The van der Waals surface area contributed by atoms with Gasteiger partial charge in [-0.05, 0) is 52.3 Å². The predicted octanol–water partition coefficient (Wildman–Crippen LogP) is 4.36. The Morgan fingerprint density at radius 1 is 0.963 bits per heavy atom. The molecule has 136 valence electrons. The largest absolute Gasteiger partial charge is 0.343 e. The number of hydrogen-bond donors (Lipinski definition) is 2. The monoisotopic (exact) mass is 441 g/mol. The van der Waals surface area contributed by atoms with Gasteiger partial charge in [0.15, 0.2) is 0 Å². The molecule has 7 heteroatoms. The van der Waals surface area contributed by atoms with Gasteiger partial charge in [-0.15, -0.1) is 0 Å². The second-order valence-electron chi connectivity index (χ2n) is 5.51. The van der Waals surface area contributed by atoms with Crippen molar-refractivity contribution in [3.63, 3.8) is 0 Å². The lowest BCUT2D eigenvalue weighted by Crippen LogP contribution is -2.33. The predicted molar refractivity (Wildman–Crippen MR) is 110 cm³/mol. The van der Waals surface area contributed by atoms with Crippen LogP contribution in [0.3, 0.4) is 0 Å². The standard InChI is InChI=1S/C20H16BrN3O2S/c21-14-10-11-19(22-12-14)27-17-9-5-4-8-16(17)20(26)23-13-18(25)24-15-6-2-1-3-7-15/h1-12H,13H2,(H,23,26)(H,24,25). The second-order valence-corrected chi connectivity index (χ2v) is 7.49. The summed E-state index contributed by atoms with van der Waals surface area (Å²) in [7, 11) is 0. The summed E-state index contributed by atoms with van der Waals surface area (Å²) in [6, 6.07) is 20.1. The van der Waals surface area contributed by atoms with Crippen molar-refractivity contribution in [1.29, 1.82) is 0 Å². The van der Waals surface area contributed by atoms with Gasteiger partial charge in [0.2, 0.25) is 5.91 Å². The zero-order valence-electron chi connectivity index (χ0n) is 14.2. The zero-order chi connectivity index (χ0) is 19.1. The van der Waals surface area contributed by atoms with Gasteiger partial charge in [0.05, 0.1) is 12.1 Å². The summed E-state index contributed by atoms with van der Waals surface area (Å²) in [5.41, 5.74) is 1.19. The van der Waals surface area contributed by atoms with E-state index in [4.69, 9.17) is 0 Å². The Morgan fingerprint density at radius 2 is 1.70 bits per heavy atom. The number of amides is 2. The average molecular weight is 442 g/mol. The highest BCUT2D eigenvalue weighted by Crippen LogP contribution is 2.29. The first-order valence-corrected chi connectivity index (χ1v) is 9.74. The van der Waals surface area contributed by atoms with Crippen LogP contribution in [0.25, 0.3) is 0 Å². The number of rotatable bonds is 6. The molecule has 2 amide bonds. The van der Waals surface area contributed by atoms with E-state index in [9.17, 15) is 9.59 Å². The van der Waals surface area contributed by atoms with Crippen molar-refractivity contribution in [3.8, 4) is 0 Å². The molecule has 2 aromatic carbocycles. The Kier molecular flexibility index (Phi) is 6.62. The van der Waals surface area contributed by atoms with Crippen LogP contribution in [0, 0.1) is 0 Å². The number of para-hydroxylation sites is 1. The van der Waals surface area contributed by atoms with Crippen LogP contribution in [-0.4, -0.2) is 23.3 Å². The van der Waals surface area contributed by atoms with Crippen LogP contribution in [0.5, 0.6) is 0 Å². The summed E-state index contributed by atoms with van der Waals surface area (Å²) in [6.45, 7) is -0.108. The van der Waals surface area contributed by atoms with Gasteiger partial charge in [0.25, 0.3) is 5.91 Å². The molecule has 5 nitrogen and oxygen atoms in total. The minimum Gasteiger partial charge on any atom is -0.343 e. The highest BCUT2D eigenvalue weighted by molar-refractivity contribution is 9.10. The molecule has 0 aliphatic rings. The molecule has 0 aliphatic carbocycles. The lowest BCUT2D eigenvalue weighted by molar-refractivity contribution is -0.115. The van der Waals surface area contributed by atoms with Crippen molar-refractivity contribution < 1.29 is 9.59 Å². The molecule has 27 heavy (non-hydrogen) atoms. The Morgan fingerprint density at radius 3 is 2.44 bits per heavy atom. The zero-order valence-corrected chi connectivity index (χ0v) is 16.6. The minimum atomic E-state index is -0.307. The van der Waals surface area contributed by atoms with Crippen LogP contribution in [0.15, 0.2) is 87.3 Å². The van der Waals surface area contributed by atoms with Crippen LogP contribution in [-0.2, 0) is 4.79 Å². The first kappa shape index (κ1) is 19.1. The SMILES string of the molecule is O=C(CNC(=O)c1ccccc1Sc1ccc(Br)cn1)Nc1ccccc1. The van der Waals surface area contributed by atoms with Crippen LogP contribution >= 0.6 is 27.7 Å². The third-order valence-corrected chi connectivity index (χ3v) is 5.01. The summed E-state index contributed by atoms with van der Waals surface area (Å²) < 4.78 is 0.891. The number of carbonyl (C=O) groups is 2. The molecule has 3 rings (SSSR count). The molecular formula is C20H16BrN3O2S. The summed E-state index contributed by atoms with van der Waals surface area (Å²) >= 11 is 4.75. The van der Waals surface area contributed by atoms with Crippen LogP contribution in [0.2, 0.25) is 0 Å². The molecule has 0 fully saturated rings. The fourth-order valence-electron chi connectivity index (χ4n) is 2.26. The molecule has 0 spiro atoms. The van der Waals surface area contributed by atoms with E-state index >= 15 is 0 Å².